The molecule has 2 aliphatic heterocycles. The fraction of sp³-hybridized carbons (Fsp3) is 0.737. The molecule has 0 radical (unpaired) electrons. The lowest BCUT2D eigenvalue weighted by Crippen LogP contribution is -2.47. The van der Waals surface area contributed by atoms with Crippen LogP contribution in [0.3, 0.4) is 0 Å². The lowest BCUT2D eigenvalue weighted by atomic mass is 9.96. The van der Waals surface area contributed by atoms with Crippen molar-refractivity contribution in [3.8, 4) is 0 Å². The third-order valence-electron chi connectivity index (χ3n) is 5.54. The van der Waals surface area contributed by atoms with Gasteiger partial charge in [0.2, 0.25) is 11.8 Å². The van der Waals surface area contributed by atoms with E-state index in [9.17, 15) is 14.7 Å². The number of carbonyl (C=O) groups is 2. The Kier molecular flexibility index (Phi) is 6.49. The Bertz CT molecular complexity index is 667. The largest absolute Gasteiger partial charge is 0.396 e. The Balaban J connectivity index is 1.60. The number of hydrogen-bond acceptors (Lipinski definition) is 5. The zero-order valence-corrected chi connectivity index (χ0v) is 16.3. The molecule has 2 saturated heterocycles. The number of carbonyl (C=O) groups excluding carboxylic acids is 2. The number of piperidine rings is 1. The van der Waals surface area contributed by atoms with Gasteiger partial charge in [0.25, 0.3) is 0 Å². The molecule has 1 unspecified atom stereocenters. The van der Waals surface area contributed by atoms with E-state index in [1.54, 1.807) is 9.58 Å². The molecule has 8 nitrogen and oxygen atoms in total. The Morgan fingerprint density at radius 3 is 2.59 bits per heavy atom. The monoisotopic (exact) mass is 378 g/mol. The van der Waals surface area contributed by atoms with Gasteiger partial charge in [0.05, 0.1) is 24.8 Å². The summed E-state index contributed by atoms with van der Waals surface area (Å²) in [4.78, 5) is 29.3. The predicted octanol–water partition coefficient (Wildman–Crippen LogP) is 0.206. The molecular formula is C19H30N4O4. The molecule has 2 fully saturated rings. The third-order valence-corrected chi connectivity index (χ3v) is 5.54. The zero-order chi connectivity index (χ0) is 19.4. The maximum absolute atomic E-state index is 12.9. The number of rotatable bonds is 4. The Morgan fingerprint density at radius 1 is 1.22 bits per heavy atom. The lowest BCUT2D eigenvalue weighted by molar-refractivity contribution is -0.140. The predicted molar refractivity (Wildman–Crippen MR) is 99.0 cm³/mol. The van der Waals surface area contributed by atoms with Gasteiger partial charge in [0.1, 0.15) is 6.54 Å². The van der Waals surface area contributed by atoms with Crippen LogP contribution < -0.4 is 0 Å². The van der Waals surface area contributed by atoms with Gasteiger partial charge in [-0.2, -0.15) is 5.10 Å². The van der Waals surface area contributed by atoms with Gasteiger partial charge in [-0.1, -0.05) is 0 Å². The van der Waals surface area contributed by atoms with Crippen molar-refractivity contribution in [2.75, 3.05) is 46.0 Å². The highest BCUT2D eigenvalue weighted by molar-refractivity contribution is 5.81. The SMILES string of the molecule is Cc1cc(C)n(CC(=O)N2CCOCC(C(=O)N3CCC(CO)CC3)C2)n1. The fourth-order valence-electron chi connectivity index (χ4n) is 3.84. The summed E-state index contributed by atoms with van der Waals surface area (Å²) in [5.74, 6) is -0.0263. The second-order valence-electron chi connectivity index (χ2n) is 7.65. The quantitative estimate of drug-likeness (QED) is 0.809. The summed E-state index contributed by atoms with van der Waals surface area (Å²) < 4.78 is 7.32. The number of aliphatic hydroxyl groups excluding tert-OH is 1. The molecule has 1 aromatic rings. The van der Waals surface area contributed by atoms with Crippen LogP contribution in [0.1, 0.15) is 24.2 Å². The topological polar surface area (TPSA) is 87.9 Å². The van der Waals surface area contributed by atoms with Gasteiger partial charge in [-0.05, 0) is 38.7 Å². The Morgan fingerprint density at radius 2 is 1.96 bits per heavy atom. The van der Waals surface area contributed by atoms with Gasteiger partial charge >= 0.3 is 0 Å². The molecule has 3 heterocycles. The maximum atomic E-state index is 12.9. The van der Waals surface area contributed by atoms with E-state index in [2.05, 4.69) is 5.10 Å². The van der Waals surface area contributed by atoms with Gasteiger partial charge in [-0.3, -0.25) is 14.3 Å². The first-order chi connectivity index (χ1) is 13.0. The smallest absolute Gasteiger partial charge is 0.244 e. The van der Waals surface area contributed by atoms with Crippen LogP contribution >= 0.6 is 0 Å². The molecule has 0 aromatic carbocycles. The highest BCUT2D eigenvalue weighted by Gasteiger charge is 2.32. The summed E-state index contributed by atoms with van der Waals surface area (Å²) >= 11 is 0. The zero-order valence-electron chi connectivity index (χ0n) is 16.3. The highest BCUT2D eigenvalue weighted by Crippen LogP contribution is 2.20. The number of hydrogen-bond donors (Lipinski definition) is 1. The molecule has 0 saturated carbocycles. The van der Waals surface area contributed by atoms with Crippen LogP contribution in [-0.2, 0) is 20.9 Å². The molecule has 27 heavy (non-hydrogen) atoms. The average molecular weight is 378 g/mol. The molecule has 8 heteroatoms. The third kappa shape index (κ3) is 4.87. The second kappa shape index (κ2) is 8.84. The Hall–Kier alpha value is -1.93. The van der Waals surface area contributed by atoms with E-state index >= 15 is 0 Å². The second-order valence-corrected chi connectivity index (χ2v) is 7.65. The molecule has 2 aliphatic rings. The van der Waals surface area contributed by atoms with Crippen LogP contribution in [-0.4, -0.2) is 82.5 Å². The van der Waals surface area contributed by atoms with Gasteiger partial charge in [0, 0.05) is 38.5 Å². The highest BCUT2D eigenvalue weighted by atomic mass is 16.5. The summed E-state index contributed by atoms with van der Waals surface area (Å²) in [6.07, 6.45) is 1.66. The van der Waals surface area contributed by atoms with Crippen molar-refractivity contribution >= 4 is 11.8 Å². The van der Waals surface area contributed by atoms with Crippen molar-refractivity contribution in [3.05, 3.63) is 17.5 Å². The maximum Gasteiger partial charge on any atom is 0.244 e. The molecule has 2 amide bonds. The fourth-order valence-corrected chi connectivity index (χ4v) is 3.84. The molecule has 1 aromatic heterocycles. The number of nitrogens with zero attached hydrogens (tertiary/aromatic N) is 4. The lowest BCUT2D eigenvalue weighted by Gasteiger charge is -2.34. The Labute approximate surface area is 160 Å². The molecular weight excluding hydrogens is 348 g/mol. The summed E-state index contributed by atoms with van der Waals surface area (Å²) in [6.45, 7) is 7.21. The summed E-state index contributed by atoms with van der Waals surface area (Å²) in [6, 6.07) is 1.95. The minimum atomic E-state index is -0.331. The number of amides is 2. The van der Waals surface area contributed by atoms with E-state index in [1.807, 2.05) is 24.8 Å². The van der Waals surface area contributed by atoms with Crippen molar-refractivity contribution in [1.82, 2.24) is 19.6 Å². The van der Waals surface area contributed by atoms with E-state index in [0.717, 1.165) is 24.2 Å². The minimum absolute atomic E-state index is 0.0384. The minimum Gasteiger partial charge on any atom is -0.396 e. The van der Waals surface area contributed by atoms with Crippen molar-refractivity contribution in [2.24, 2.45) is 11.8 Å². The van der Waals surface area contributed by atoms with E-state index in [4.69, 9.17) is 4.74 Å². The first-order valence-corrected chi connectivity index (χ1v) is 9.74. The van der Waals surface area contributed by atoms with Crippen LogP contribution in [0, 0.1) is 25.7 Å². The summed E-state index contributed by atoms with van der Waals surface area (Å²) in [7, 11) is 0. The van der Waals surface area contributed by atoms with Crippen LogP contribution in [0.2, 0.25) is 0 Å². The summed E-state index contributed by atoms with van der Waals surface area (Å²) in [5.41, 5.74) is 1.84. The van der Waals surface area contributed by atoms with Gasteiger partial charge < -0.3 is 19.6 Å². The first-order valence-electron chi connectivity index (χ1n) is 9.74. The van der Waals surface area contributed by atoms with E-state index < -0.39 is 0 Å². The van der Waals surface area contributed by atoms with Crippen molar-refractivity contribution in [1.29, 1.82) is 0 Å². The molecule has 1 atom stereocenters. The number of aryl methyl sites for hydroxylation is 2. The van der Waals surface area contributed by atoms with Crippen molar-refractivity contribution in [3.63, 3.8) is 0 Å². The van der Waals surface area contributed by atoms with Gasteiger partial charge in [-0.25, -0.2) is 0 Å². The van der Waals surface area contributed by atoms with Crippen LogP contribution in [0.4, 0.5) is 0 Å². The van der Waals surface area contributed by atoms with Crippen molar-refractivity contribution in [2.45, 2.75) is 33.2 Å². The average Bonchev–Trinajstić information content (AvgIpc) is 2.87. The van der Waals surface area contributed by atoms with Crippen molar-refractivity contribution < 1.29 is 19.4 Å². The molecule has 1 N–H and O–H groups in total. The van der Waals surface area contributed by atoms with Crippen LogP contribution in [0.5, 0.6) is 0 Å². The summed E-state index contributed by atoms with van der Waals surface area (Å²) in [5, 5.41) is 13.6. The molecule has 0 spiro atoms. The molecule has 0 bridgehead atoms. The molecule has 3 rings (SSSR count). The van der Waals surface area contributed by atoms with Crippen LogP contribution in [0.25, 0.3) is 0 Å². The van der Waals surface area contributed by atoms with E-state index in [0.29, 0.717) is 45.3 Å². The first kappa shape index (κ1) is 19.8. The number of ether oxygens (including phenoxy) is 1. The molecule has 0 aliphatic carbocycles. The van der Waals surface area contributed by atoms with E-state index in [1.165, 1.54) is 0 Å². The van der Waals surface area contributed by atoms with Gasteiger partial charge in [-0.15, -0.1) is 0 Å². The van der Waals surface area contributed by atoms with Crippen LogP contribution in [0.15, 0.2) is 6.07 Å². The number of aromatic nitrogens is 2. The number of likely N-dealkylation sites (tertiary alicyclic amines) is 1. The number of aliphatic hydroxyl groups is 1. The van der Waals surface area contributed by atoms with E-state index in [-0.39, 0.29) is 30.9 Å². The standard InChI is InChI=1S/C19H30N4O4/c1-14-9-15(2)23(20-14)11-18(25)22-7-8-27-13-17(10-22)19(26)21-5-3-16(12-24)4-6-21/h9,16-17,24H,3-8,10-13H2,1-2H3. The van der Waals surface area contributed by atoms with Gasteiger partial charge in [0.15, 0.2) is 0 Å². The normalized spacial score (nSPS) is 22.0. The molecule has 150 valence electrons.